The Labute approximate surface area is 147 Å². The van der Waals surface area contributed by atoms with E-state index in [0.29, 0.717) is 13.0 Å². The van der Waals surface area contributed by atoms with Gasteiger partial charge in [-0.15, -0.1) is 0 Å². The Kier molecular flexibility index (Phi) is 7.00. The van der Waals surface area contributed by atoms with Crippen LogP contribution in [0.25, 0.3) is 6.08 Å². The molecule has 1 aromatic carbocycles. The third kappa shape index (κ3) is 6.29. The van der Waals surface area contributed by atoms with Crippen molar-refractivity contribution in [3.63, 3.8) is 0 Å². The van der Waals surface area contributed by atoms with Gasteiger partial charge < -0.3 is 9.64 Å². The van der Waals surface area contributed by atoms with Crippen molar-refractivity contribution in [1.82, 2.24) is 15.8 Å². The normalized spacial score (nSPS) is 14.9. The molecule has 1 aromatic rings. The van der Waals surface area contributed by atoms with Gasteiger partial charge >= 0.3 is 0 Å². The molecule has 0 spiro atoms. The van der Waals surface area contributed by atoms with Crippen LogP contribution in [0.4, 0.5) is 0 Å². The maximum Gasteiger partial charge on any atom is 0.262 e. The number of ether oxygens (including phenoxy) is 1. The first-order chi connectivity index (χ1) is 12.1. The molecule has 2 rings (SSSR count). The summed E-state index contributed by atoms with van der Waals surface area (Å²) in [4.78, 5) is 37.0. The van der Waals surface area contributed by atoms with E-state index in [1.807, 2.05) is 12.1 Å². The predicted octanol–water partition coefficient (Wildman–Crippen LogP) is 1.26. The van der Waals surface area contributed by atoms with Crippen molar-refractivity contribution in [2.45, 2.75) is 25.7 Å². The molecule has 3 amide bonds. The highest BCUT2D eigenvalue weighted by atomic mass is 16.5. The number of hydrazine groups is 1. The molecule has 134 valence electrons. The molecule has 0 bridgehead atoms. The molecule has 1 heterocycles. The summed E-state index contributed by atoms with van der Waals surface area (Å²) in [7, 11) is 1.58. The highest BCUT2D eigenvalue weighted by molar-refractivity contribution is 5.93. The number of amides is 3. The van der Waals surface area contributed by atoms with E-state index in [9.17, 15) is 14.4 Å². The summed E-state index contributed by atoms with van der Waals surface area (Å²) in [6.07, 6.45) is 6.18. The number of methoxy groups -OCH3 is 1. The van der Waals surface area contributed by atoms with Crippen molar-refractivity contribution >= 4 is 23.8 Å². The Morgan fingerprint density at radius 2 is 1.92 bits per heavy atom. The number of rotatable bonds is 5. The molecular formula is C18H23N3O4. The van der Waals surface area contributed by atoms with Crippen LogP contribution in [0, 0.1) is 0 Å². The third-order valence-corrected chi connectivity index (χ3v) is 3.87. The number of hydrogen-bond acceptors (Lipinski definition) is 4. The summed E-state index contributed by atoms with van der Waals surface area (Å²) in [5, 5.41) is 0. The van der Waals surface area contributed by atoms with Crippen LogP contribution in [-0.2, 0) is 14.4 Å². The Morgan fingerprint density at radius 3 is 2.64 bits per heavy atom. The zero-order chi connectivity index (χ0) is 18.1. The van der Waals surface area contributed by atoms with E-state index in [4.69, 9.17) is 4.74 Å². The fourth-order valence-electron chi connectivity index (χ4n) is 2.48. The number of likely N-dealkylation sites (tertiary alicyclic amines) is 1. The van der Waals surface area contributed by atoms with E-state index >= 15 is 0 Å². The third-order valence-electron chi connectivity index (χ3n) is 3.87. The molecule has 1 saturated heterocycles. The van der Waals surface area contributed by atoms with Crippen LogP contribution >= 0.6 is 0 Å². The summed E-state index contributed by atoms with van der Waals surface area (Å²) in [6, 6.07) is 7.20. The van der Waals surface area contributed by atoms with Crippen LogP contribution in [0.15, 0.2) is 30.3 Å². The average Bonchev–Trinajstić information content (AvgIpc) is 2.83. The number of carbonyl (C=O) groups is 3. The molecule has 7 nitrogen and oxygen atoms in total. The fourth-order valence-corrected chi connectivity index (χ4v) is 2.48. The van der Waals surface area contributed by atoms with Gasteiger partial charge in [-0.2, -0.15) is 0 Å². The Bertz CT molecular complexity index is 640. The first-order valence-electron chi connectivity index (χ1n) is 8.27. The van der Waals surface area contributed by atoms with Crippen molar-refractivity contribution in [1.29, 1.82) is 0 Å². The number of hydrogen-bond donors (Lipinski definition) is 2. The zero-order valence-electron chi connectivity index (χ0n) is 14.3. The lowest BCUT2D eigenvalue weighted by atomic mass is 10.2. The summed E-state index contributed by atoms with van der Waals surface area (Å²) in [6.45, 7) is 0.541. The quantitative estimate of drug-likeness (QED) is 0.621. The highest BCUT2D eigenvalue weighted by Gasteiger charge is 2.19. The van der Waals surface area contributed by atoms with Gasteiger partial charge in [0.2, 0.25) is 5.91 Å². The summed E-state index contributed by atoms with van der Waals surface area (Å²) >= 11 is 0. The molecule has 0 unspecified atom stereocenters. The number of carbonyl (C=O) groups excluding carboxylic acids is 3. The van der Waals surface area contributed by atoms with Gasteiger partial charge in [-0.25, -0.2) is 0 Å². The molecule has 0 radical (unpaired) electrons. The van der Waals surface area contributed by atoms with Gasteiger partial charge in [0.1, 0.15) is 12.3 Å². The summed E-state index contributed by atoms with van der Waals surface area (Å²) in [5.41, 5.74) is 5.46. The Balaban J connectivity index is 1.75. The molecule has 2 N–H and O–H groups in total. The lowest BCUT2D eigenvalue weighted by Gasteiger charge is -2.19. The lowest BCUT2D eigenvalue weighted by molar-refractivity contribution is -0.136. The Hall–Kier alpha value is -2.83. The van der Waals surface area contributed by atoms with Gasteiger partial charge in [0.05, 0.1) is 7.11 Å². The van der Waals surface area contributed by atoms with Gasteiger partial charge in [-0.05, 0) is 36.6 Å². The van der Waals surface area contributed by atoms with Crippen LogP contribution in [0.1, 0.15) is 31.2 Å². The molecular weight excluding hydrogens is 322 g/mol. The lowest BCUT2D eigenvalue weighted by Crippen LogP contribution is -2.47. The van der Waals surface area contributed by atoms with Crippen molar-refractivity contribution < 1.29 is 19.1 Å². The van der Waals surface area contributed by atoms with Crippen LogP contribution in [0.2, 0.25) is 0 Å². The van der Waals surface area contributed by atoms with Crippen molar-refractivity contribution in [3.8, 4) is 5.75 Å². The Morgan fingerprint density at radius 1 is 1.16 bits per heavy atom. The second-order valence-corrected chi connectivity index (χ2v) is 5.77. The SMILES string of the molecule is COc1ccc(/C=C/C(=O)NNC(=O)CN2CCCCCC2=O)cc1. The van der Waals surface area contributed by atoms with Crippen molar-refractivity contribution in [2.75, 3.05) is 20.2 Å². The van der Waals surface area contributed by atoms with E-state index in [0.717, 1.165) is 30.6 Å². The largest absolute Gasteiger partial charge is 0.497 e. The van der Waals surface area contributed by atoms with Gasteiger partial charge in [0.15, 0.2) is 0 Å². The fraction of sp³-hybridized carbons (Fsp3) is 0.389. The monoisotopic (exact) mass is 345 g/mol. The minimum Gasteiger partial charge on any atom is -0.497 e. The molecule has 1 aliphatic rings. The minimum atomic E-state index is -0.452. The molecule has 0 aliphatic carbocycles. The molecule has 1 aliphatic heterocycles. The average molecular weight is 345 g/mol. The van der Waals surface area contributed by atoms with Gasteiger partial charge in [0, 0.05) is 19.0 Å². The van der Waals surface area contributed by atoms with Crippen LogP contribution in [0.3, 0.4) is 0 Å². The molecule has 0 aromatic heterocycles. The molecule has 0 atom stereocenters. The van der Waals surface area contributed by atoms with E-state index in [2.05, 4.69) is 10.9 Å². The summed E-state index contributed by atoms with van der Waals surface area (Å²) < 4.78 is 5.06. The highest BCUT2D eigenvalue weighted by Crippen LogP contribution is 2.12. The van der Waals surface area contributed by atoms with Crippen molar-refractivity contribution in [3.05, 3.63) is 35.9 Å². The zero-order valence-corrected chi connectivity index (χ0v) is 14.3. The van der Waals surface area contributed by atoms with Crippen LogP contribution in [0.5, 0.6) is 5.75 Å². The maximum atomic E-state index is 11.9. The summed E-state index contributed by atoms with van der Waals surface area (Å²) in [5.74, 6) is -0.150. The molecule has 0 saturated carbocycles. The molecule has 1 fully saturated rings. The van der Waals surface area contributed by atoms with Gasteiger partial charge in [0.25, 0.3) is 11.8 Å². The minimum absolute atomic E-state index is 0.0154. The van der Waals surface area contributed by atoms with E-state index in [1.165, 1.54) is 11.0 Å². The predicted molar refractivity (Wildman–Crippen MR) is 93.4 cm³/mol. The second kappa shape index (κ2) is 9.46. The van der Waals surface area contributed by atoms with E-state index in [-0.39, 0.29) is 12.5 Å². The van der Waals surface area contributed by atoms with Crippen molar-refractivity contribution in [2.24, 2.45) is 0 Å². The number of nitrogens with one attached hydrogen (secondary N) is 2. The smallest absolute Gasteiger partial charge is 0.262 e. The molecule has 25 heavy (non-hydrogen) atoms. The standard InChI is InChI=1S/C18H23N3O4/c1-25-15-9-6-14(7-10-15)8-11-16(22)19-20-17(23)13-21-12-4-2-3-5-18(21)24/h6-11H,2-5,12-13H2,1H3,(H,19,22)(H,20,23)/b11-8+. The first kappa shape index (κ1) is 18.5. The number of benzene rings is 1. The topological polar surface area (TPSA) is 87.7 Å². The van der Waals surface area contributed by atoms with Gasteiger partial charge in [-0.1, -0.05) is 18.6 Å². The first-order valence-corrected chi connectivity index (χ1v) is 8.27. The van der Waals surface area contributed by atoms with E-state index < -0.39 is 11.8 Å². The van der Waals surface area contributed by atoms with Crippen LogP contribution in [-0.4, -0.2) is 42.8 Å². The molecule has 7 heteroatoms. The van der Waals surface area contributed by atoms with Crippen LogP contribution < -0.4 is 15.6 Å². The van der Waals surface area contributed by atoms with E-state index in [1.54, 1.807) is 25.3 Å². The second-order valence-electron chi connectivity index (χ2n) is 5.77. The van der Waals surface area contributed by atoms with Gasteiger partial charge in [-0.3, -0.25) is 25.2 Å². The number of nitrogens with zero attached hydrogens (tertiary/aromatic N) is 1. The maximum absolute atomic E-state index is 11.9.